The molecule has 5 heteroatoms. The number of nitrogens with two attached hydrogens (primary N) is 1. The smallest absolute Gasteiger partial charge is 0.161 e. The number of methoxy groups -OCH3 is 3. The van der Waals surface area contributed by atoms with Crippen molar-refractivity contribution in [3.63, 3.8) is 0 Å². The molecule has 0 fully saturated rings. The molecule has 2 aliphatic rings. The van der Waals surface area contributed by atoms with E-state index in [1.807, 2.05) is 0 Å². The zero-order chi connectivity index (χ0) is 18.3. The molecule has 0 saturated heterocycles. The van der Waals surface area contributed by atoms with Gasteiger partial charge >= 0.3 is 0 Å². The van der Waals surface area contributed by atoms with Crippen molar-refractivity contribution < 1.29 is 14.2 Å². The molecule has 0 amide bonds. The molecule has 2 N–H and O–H groups in total. The van der Waals surface area contributed by atoms with Gasteiger partial charge < -0.3 is 19.9 Å². The minimum atomic E-state index is 0.366. The fourth-order valence-corrected chi connectivity index (χ4v) is 4.44. The van der Waals surface area contributed by atoms with E-state index in [1.54, 1.807) is 21.3 Å². The summed E-state index contributed by atoms with van der Waals surface area (Å²) in [5.41, 5.74) is 12.6. The first kappa shape index (κ1) is 17.2. The van der Waals surface area contributed by atoms with Crippen molar-refractivity contribution in [2.24, 2.45) is 5.73 Å². The summed E-state index contributed by atoms with van der Waals surface area (Å²) in [5.74, 6) is 2.51. The predicted octanol–water partition coefficient (Wildman–Crippen LogP) is 2.83. The van der Waals surface area contributed by atoms with Crippen LogP contribution in [0.2, 0.25) is 0 Å². The van der Waals surface area contributed by atoms with Gasteiger partial charge in [0.15, 0.2) is 11.5 Å². The molecule has 26 heavy (non-hydrogen) atoms. The van der Waals surface area contributed by atoms with Gasteiger partial charge in [0, 0.05) is 31.2 Å². The molecule has 0 aliphatic carbocycles. The highest BCUT2D eigenvalue weighted by atomic mass is 16.5. The average molecular weight is 354 g/mol. The maximum absolute atomic E-state index is 6.04. The minimum Gasteiger partial charge on any atom is -0.496 e. The zero-order valence-corrected chi connectivity index (χ0v) is 15.7. The van der Waals surface area contributed by atoms with Gasteiger partial charge in [0.1, 0.15) is 5.75 Å². The Morgan fingerprint density at radius 3 is 2.42 bits per heavy atom. The minimum absolute atomic E-state index is 0.366. The number of ether oxygens (including phenoxy) is 3. The normalized spacial score (nSPS) is 18.5. The molecule has 0 spiro atoms. The van der Waals surface area contributed by atoms with Crippen molar-refractivity contribution in [2.75, 3.05) is 27.9 Å². The highest BCUT2D eigenvalue weighted by Gasteiger charge is 2.34. The van der Waals surface area contributed by atoms with Gasteiger partial charge in [-0.1, -0.05) is 6.07 Å². The molecule has 5 nitrogen and oxygen atoms in total. The summed E-state index contributed by atoms with van der Waals surface area (Å²) in [4.78, 5) is 2.55. The van der Waals surface area contributed by atoms with Crippen LogP contribution in [0.25, 0.3) is 0 Å². The number of fused-ring (bicyclic) bond motifs is 4. The third kappa shape index (κ3) is 2.63. The Balaban J connectivity index is 1.76. The van der Waals surface area contributed by atoms with Crippen molar-refractivity contribution in [2.45, 2.75) is 32.0 Å². The Morgan fingerprint density at radius 1 is 1.00 bits per heavy atom. The first-order valence-corrected chi connectivity index (χ1v) is 9.06. The van der Waals surface area contributed by atoms with Gasteiger partial charge in [0.05, 0.1) is 21.3 Å². The van der Waals surface area contributed by atoms with E-state index in [9.17, 15) is 0 Å². The van der Waals surface area contributed by atoms with Crippen LogP contribution in [0.4, 0.5) is 0 Å². The summed E-state index contributed by atoms with van der Waals surface area (Å²) in [6.45, 7) is 2.46. The highest BCUT2D eigenvalue weighted by molar-refractivity contribution is 5.52. The van der Waals surface area contributed by atoms with Gasteiger partial charge in [0.2, 0.25) is 0 Å². The van der Waals surface area contributed by atoms with Gasteiger partial charge in [-0.3, -0.25) is 4.90 Å². The fourth-order valence-electron chi connectivity index (χ4n) is 4.44. The highest BCUT2D eigenvalue weighted by Crippen LogP contribution is 2.43. The first-order chi connectivity index (χ1) is 12.7. The number of hydrogen-bond donors (Lipinski definition) is 1. The molecular formula is C21H26N2O3. The second kappa shape index (κ2) is 6.82. The molecule has 0 aromatic heterocycles. The molecule has 0 unspecified atom stereocenters. The molecular weight excluding hydrogens is 328 g/mol. The van der Waals surface area contributed by atoms with Crippen LogP contribution in [0.1, 0.15) is 33.9 Å². The second-order valence-electron chi connectivity index (χ2n) is 6.93. The van der Waals surface area contributed by atoms with Gasteiger partial charge in [0.25, 0.3) is 0 Å². The summed E-state index contributed by atoms with van der Waals surface area (Å²) in [6, 6.07) is 8.91. The van der Waals surface area contributed by atoms with E-state index >= 15 is 0 Å². The zero-order valence-electron chi connectivity index (χ0n) is 15.7. The summed E-state index contributed by atoms with van der Waals surface area (Å²) in [7, 11) is 5.10. The monoisotopic (exact) mass is 354 g/mol. The Kier molecular flexibility index (Phi) is 4.51. The van der Waals surface area contributed by atoms with Gasteiger partial charge in [-0.2, -0.15) is 0 Å². The molecule has 4 rings (SSSR count). The van der Waals surface area contributed by atoms with Crippen LogP contribution in [0.15, 0.2) is 24.3 Å². The number of nitrogens with zero attached hydrogens (tertiary/aromatic N) is 1. The lowest BCUT2D eigenvalue weighted by molar-refractivity contribution is 0.159. The maximum atomic E-state index is 6.04. The van der Waals surface area contributed by atoms with Crippen LogP contribution in [-0.4, -0.2) is 32.8 Å². The third-order valence-corrected chi connectivity index (χ3v) is 5.80. The van der Waals surface area contributed by atoms with Crippen molar-refractivity contribution in [1.82, 2.24) is 4.90 Å². The van der Waals surface area contributed by atoms with Crippen LogP contribution >= 0.6 is 0 Å². The van der Waals surface area contributed by atoms with Gasteiger partial charge in [-0.15, -0.1) is 0 Å². The summed E-state index contributed by atoms with van der Waals surface area (Å²) < 4.78 is 16.5. The lowest BCUT2D eigenvalue weighted by atomic mass is 9.82. The summed E-state index contributed by atoms with van der Waals surface area (Å²) >= 11 is 0. The first-order valence-electron chi connectivity index (χ1n) is 9.06. The Labute approximate surface area is 154 Å². The van der Waals surface area contributed by atoms with Crippen LogP contribution in [0, 0.1) is 0 Å². The molecule has 2 aromatic rings. The summed E-state index contributed by atoms with van der Waals surface area (Å²) in [6.07, 6.45) is 2.00. The van der Waals surface area contributed by atoms with E-state index in [4.69, 9.17) is 19.9 Å². The maximum Gasteiger partial charge on any atom is 0.161 e. The van der Waals surface area contributed by atoms with E-state index in [2.05, 4.69) is 29.2 Å². The molecule has 2 aromatic carbocycles. The Bertz CT molecular complexity index is 834. The molecule has 2 heterocycles. The summed E-state index contributed by atoms with van der Waals surface area (Å²) in [5, 5.41) is 0. The van der Waals surface area contributed by atoms with Crippen LogP contribution in [-0.2, 0) is 25.9 Å². The fraction of sp³-hybridized carbons (Fsp3) is 0.429. The molecule has 0 saturated carbocycles. The van der Waals surface area contributed by atoms with Crippen LogP contribution < -0.4 is 19.9 Å². The van der Waals surface area contributed by atoms with Crippen molar-refractivity contribution in [3.8, 4) is 17.2 Å². The lowest BCUT2D eigenvalue weighted by Gasteiger charge is -2.42. The van der Waals surface area contributed by atoms with E-state index in [-0.39, 0.29) is 0 Å². The Morgan fingerprint density at radius 2 is 1.73 bits per heavy atom. The Hall–Kier alpha value is -2.24. The van der Waals surface area contributed by atoms with Crippen LogP contribution in [0.5, 0.6) is 17.2 Å². The predicted molar refractivity (Wildman–Crippen MR) is 101 cm³/mol. The number of benzene rings is 2. The van der Waals surface area contributed by atoms with E-state index < -0.39 is 0 Å². The SMILES string of the molecule is COc1cc2c(cc1OC)[C@@H]1Cc3ccc(OC)c(CN)c3CN1CC2. The quantitative estimate of drug-likeness (QED) is 0.915. The number of hydrogen-bond acceptors (Lipinski definition) is 5. The van der Waals surface area contributed by atoms with Crippen molar-refractivity contribution in [1.29, 1.82) is 0 Å². The molecule has 138 valence electrons. The molecule has 0 bridgehead atoms. The standard InChI is InChI=1S/C21H26N2O3/c1-24-19-5-4-13-8-18-15-10-21(26-3)20(25-2)9-14(15)6-7-23(18)12-17(13)16(19)11-22/h4-5,9-10,18H,6-8,11-12,22H2,1-3H3/t18-/m0/s1. The molecule has 0 radical (unpaired) electrons. The molecule has 1 atom stereocenters. The van der Waals surface area contributed by atoms with Gasteiger partial charge in [-0.25, -0.2) is 0 Å². The molecule has 2 aliphatic heterocycles. The second-order valence-corrected chi connectivity index (χ2v) is 6.93. The number of rotatable bonds is 4. The van der Waals surface area contributed by atoms with E-state index in [0.29, 0.717) is 12.6 Å². The van der Waals surface area contributed by atoms with E-state index in [0.717, 1.165) is 48.7 Å². The van der Waals surface area contributed by atoms with Gasteiger partial charge in [-0.05, 0) is 53.3 Å². The largest absolute Gasteiger partial charge is 0.496 e. The van der Waals surface area contributed by atoms with Crippen molar-refractivity contribution >= 4 is 0 Å². The third-order valence-electron chi connectivity index (χ3n) is 5.80. The lowest BCUT2D eigenvalue weighted by Crippen LogP contribution is -2.40. The van der Waals surface area contributed by atoms with E-state index in [1.165, 1.54) is 22.3 Å². The van der Waals surface area contributed by atoms with Crippen LogP contribution in [0.3, 0.4) is 0 Å². The van der Waals surface area contributed by atoms with Crippen molar-refractivity contribution in [3.05, 3.63) is 52.1 Å². The average Bonchev–Trinajstić information content (AvgIpc) is 2.70. The topological polar surface area (TPSA) is 57.0 Å².